The number of rotatable bonds is 4. The Labute approximate surface area is 157 Å². The van der Waals surface area contributed by atoms with Crippen LogP contribution in [0.5, 0.6) is 5.75 Å². The Morgan fingerprint density at radius 2 is 1.84 bits per heavy atom. The first kappa shape index (κ1) is 19.0. The highest BCUT2D eigenvalue weighted by Crippen LogP contribution is 2.21. The van der Waals surface area contributed by atoms with Gasteiger partial charge in [0.05, 0.1) is 0 Å². The predicted molar refractivity (Wildman–Crippen MR) is 105 cm³/mol. The summed E-state index contributed by atoms with van der Waals surface area (Å²) in [6.07, 6.45) is 0. The molecule has 0 saturated carbocycles. The molecule has 0 bridgehead atoms. The van der Waals surface area contributed by atoms with E-state index in [4.69, 9.17) is 28.6 Å². The zero-order valence-corrected chi connectivity index (χ0v) is 15.8. The summed E-state index contributed by atoms with van der Waals surface area (Å²) in [7, 11) is 0. The average Bonchev–Trinajstić information content (AvgIpc) is 2.55. The minimum Gasteiger partial charge on any atom is -0.483 e. The first-order valence-electron chi connectivity index (χ1n) is 7.67. The van der Waals surface area contributed by atoms with Crippen molar-refractivity contribution in [3.8, 4) is 5.75 Å². The van der Waals surface area contributed by atoms with E-state index < -0.39 is 0 Å². The molecular formula is C18H20ClN3O2S. The van der Waals surface area contributed by atoms with Gasteiger partial charge < -0.3 is 10.1 Å². The van der Waals surface area contributed by atoms with E-state index in [1.165, 1.54) is 0 Å². The normalized spacial score (nSPS) is 10.1. The minimum atomic E-state index is -0.348. The zero-order valence-electron chi connectivity index (χ0n) is 14.3. The lowest BCUT2D eigenvalue weighted by atomic mass is 10.1. The van der Waals surface area contributed by atoms with Crippen LogP contribution in [0.15, 0.2) is 36.4 Å². The fourth-order valence-electron chi connectivity index (χ4n) is 2.10. The van der Waals surface area contributed by atoms with Crippen molar-refractivity contribution in [1.82, 2.24) is 10.9 Å². The molecular weight excluding hydrogens is 358 g/mol. The Kier molecular flexibility index (Phi) is 6.61. The topological polar surface area (TPSA) is 62.4 Å². The van der Waals surface area contributed by atoms with Crippen LogP contribution >= 0.6 is 23.8 Å². The lowest BCUT2D eigenvalue weighted by Gasteiger charge is -2.14. The molecule has 5 nitrogen and oxygen atoms in total. The summed E-state index contributed by atoms with van der Waals surface area (Å²) in [6.45, 7) is 5.70. The third kappa shape index (κ3) is 5.92. The van der Waals surface area contributed by atoms with Crippen LogP contribution in [-0.2, 0) is 4.79 Å². The van der Waals surface area contributed by atoms with E-state index >= 15 is 0 Å². The van der Waals surface area contributed by atoms with Crippen LogP contribution in [0.25, 0.3) is 0 Å². The maximum atomic E-state index is 11.9. The number of ether oxygens (including phenoxy) is 1. The van der Waals surface area contributed by atoms with Gasteiger partial charge in [-0.15, -0.1) is 0 Å². The summed E-state index contributed by atoms with van der Waals surface area (Å²) in [5, 5.41) is 3.97. The highest BCUT2D eigenvalue weighted by atomic mass is 35.5. The van der Waals surface area contributed by atoms with Gasteiger partial charge in [0, 0.05) is 10.7 Å². The standard InChI is InChI=1S/C18H20ClN3O2S/c1-11-4-5-12(2)15(8-11)20-18(25)22-21-17(23)10-24-16-7-6-14(19)9-13(16)3/h4-9H,10H2,1-3H3,(H,21,23)(H2,20,22,25). The summed E-state index contributed by atoms with van der Waals surface area (Å²) in [4.78, 5) is 11.9. The van der Waals surface area contributed by atoms with Crippen molar-refractivity contribution in [3.05, 3.63) is 58.1 Å². The lowest BCUT2D eigenvalue weighted by Crippen LogP contribution is -2.45. The number of carbonyl (C=O) groups excluding carboxylic acids is 1. The van der Waals surface area contributed by atoms with Crippen molar-refractivity contribution in [1.29, 1.82) is 0 Å². The smallest absolute Gasteiger partial charge is 0.276 e. The SMILES string of the molecule is Cc1ccc(C)c(NC(=S)NNC(=O)COc2ccc(Cl)cc2C)c1. The van der Waals surface area contributed by atoms with Crippen molar-refractivity contribution < 1.29 is 9.53 Å². The Morgan fingerprint density at radius 3 is 2.56 bits per heavy atom. The highest BCUT2D eigenvalue weighted by Gasteiger charge is 2.07. The lowest BCUT2D eigenvalue weighted by molar-refractivity contribution is -0.123. The molecule has 0 aliphatic heterocycles. The first-order valence-corrected chi connectivity index (χ1v) is 8.46. The second-order valence-electron chi connectivity index (χ2n) is 5.64. The molecule has 0 aliphatic rings. The Morgan fingerprint density at radius 1 is 1.08 bits per heavy atom. The zero-order chi connectivity index (χ0) is 18.4. The third-order valence-electron chi connectivity index (χ3n) is 3.45. The van der Waals surface area contributed by atoms with Crippen molar-refractivity contribution in [2.75, 3.05) is 11.9 Å². The fourth-order valence-corrected chi connectivity index (χ4v) is 2.49. The Bertz CT molecular complexity index is 796. The van der Waals surface area contributed by atoms with E-state index in [1.54, 1.807) is 18.2 Å². The number of carbonyl (C=O) groups is 1. The van der Waals surface area contributed by atoms with E-state index in [0.29, 0.717) is 15.9 Å². The third-order valence-corrected chi connectivity index (χ3v) is 3.89. The molecule has 0 radical (unpaired) electrons. The van der Waals surface area contributed by atoms with Crippen molar-refractivity contribution in [2.24, 2.45) is 0 Å². The molecule has 132 valence electrons. The van der Waals surface area contributed by atoms with Crippen LogP contribution in [0.3, 0.4) is 0 Å². The van der Waals surface area contributed by atoms with Crippen LogP contribution in [0.4, 0.5) is 5.69 Å². The van der Waals surface area contributed by atoms with Gasteiger partial charge in [0.15, 0.2) is 11.7 Å². The summed E-state index contributed by atoms with van der Waals surface area (Å²) < 4.78 is 5.46. The molecule has 2 aromatic carbocycles. The molecule has 0 aromatic heterocycles. The molecule has 0 heterocycles. The molecule has 0 fully saturated rings. The van der Waals surface area contributed by atoms with Crippen molar-refractivity contribution >= 4 is 40.5 Å². The van der Waals surface area contributed by atoms with Gasteiger partial charge in [-0.25, -0.2) is 0 Å². The number of hydrogen-bond donors (Lipinski definition) is 3. The summed E-state index contributed by atoms with van der Waals surface area (Å²) in [6, 6.07) is 11.2. The number of benzene rings is 2. The minimum absolute atomic E-state index is 0.137. The summed E-state index contributed by atoms with van der Waals surface area (Å²) >= 11 is 11.1. The molecule has 25 heavy (non-hydrogen) atoms. The van der Waals surface area contributed by atoms with E-state index in [1.807, 2.05) is 39.0 Å². The van der Waals surface area contributed by atoms with Gasteiger partial charge >= 0.3 is 0 Å². The quantitative estimate of drug-likeness (QED) is 0.560. The monoisotopic (exact) mass is 377 g/mol. The number of anilines is 1. The van der Waals surface area contributed by atoms with E-state index in [9.17, 15) is 4.79 Å². The van der Waals surface area contributed by atoms with Crippen molar-refractivity contribution in [3.63, 3.8) is 0 Å². The van der Waals surface area contributed by atoms with E-state index in [2.05, 4.69) is 16.2 Å². The molecule has 0 saturated heterocycles. The molecule has 0 aliphatic carbocycles. The molecule has 3 N–H and O–H groups in total. The second kappa shape index (κ2) is 8.69. The molecule has 0 spiro atoms. The Hall–Kier alpha value is -2.31. The largest absolute Gasteiger partial charge is 0.483 e. The van der Waals surface area contributed by atoms with Crippen LogP contribution < -0.4 is 20.9 Å². The maximum Gasteiger partial charge on any atom is 0.276 e. The molecule has 7 heteroatoms. The van der Waals surface area contributed by atoms with Gasteiger partial charge in [-0.2, -0.15) is 0 Å². The number of nitrogens with one attached hydrogen (secondary N) is 3. The van der Waals surface area contributed by atoms with Gasteiger partial charge in [0.2, 0.25) is 0 Å². The molecule has 0 atom stereocenters. The summed E-state index contributed by atoms with van der Waals surface area (Å²) in [5.74, 6) is 0.259. The van der Waals surface area contributed by atoms with Crippen LogP contribution in [-0.4, -0.2) is 17.6 Å². The van der Waals surface area contributed by atoms with Gasteiger partial charge in [-0.3, -0.25) is 15.6 Å². The Balaban J connectivity index is 1.79. The van der Waals surface area contributed by atoms with Crippen molar-refractivity contribution in [2.45, 2.75) is 20.8 Å². The molecule has 0 unspecified atom stereocenters. The fraction of sp³-hybridized carbons (Fsp3) is 0.222. The van der Waals surface area contributed by atoms with E-state index in [0.717, 1.165) is 22.4 Å². The van der Waals surface area contributed by atoms with Gasteiger partial charge in [0.1, 0.15) is 5.75 Å². The number of hydrogen-bond acceptors (Lipinski definition) is 3. The van der Waals surface area contributed by atoms with Crippen LogP contribution in [0.1, 0.15) is 16.7 Å². The predicted octanol–water partition coefficient (Wildman–Crippen LogP) is 3.66. The van der Waals surface area contributed by atoms with E-state index in [-0.39, 0.29) is 12.5 Å². The highest BCUT2D eigenvalue weighted by molar-refractivity contribution is 7.80. The molecule has 2 aromatic rings. The summed E-state index contributed by atoms with van der Waals surface area (Å²) in [5.41, 5.74) is 9.08. The first-order chi connectivity index (χ1) is 11.8. The number of amides is 1. The van der Waals surface area contributed by atoms with Gasteiger partial charge in [-0.05, 0) is 73.9 Å². The maximum absolute atomic E-state index is 11.9. The number of aryl methyl sites for hydroxylation is 3. The second-order valence-corrected chi connectivity index (χ2v) is 6.49. The molecule has 2 rings (SSSR count). The van der Waals surface area contributed by atoms with Gasteiger partial charge in [-0.1, -0.05) is 23.7 Å². The molecule has 1 amide bonds. The number of hydrazine groups is 1. The number of thiocarbonyl (C=S) groups is 1. The average molecular weight is 378 g/mol. The van der Waals surface area contributed by atoms with Crippen LogP contribution in [0.2, 0.25) is 5.02 Å². The van der Waals surface area contributed by atoms with Crippen LogP contribution in [0, 0.1) is 20.8 Å². The number of halogens is 1. The van der Waals surface area contributed by atoms with Gasteiger partial charge in [0.25, 0.3) is 5.91 Å².